The molecule has 0 amide bonds. The summed E-state index contributed by atoms with van der Waals surface area (Å²) in [7, 11) is 1.29. The highest BCUT2D eigenvalue weighted by Gasteiger charge is 2.12. The molecule has 25 heavy (non-hydrogen) atoms. The Morgan fingerprint density at radius 2 is 2.08 bits per heavy atom. The molecule has 0 aliphatic carbocycles. The van der Waals surface area contributed by atoms with Crippen molar-refractivity contribution < 1.29 is 18.7 Å². The van der Waals surface area contributed by atoms with E-state index >= 15 is 0 Å². The molecular formula is C19H17NO5. The Morgan fingerprint density at radius 3 is 2.84 bits per heavy atom. The zero-order chi connectivity index (χ0) is 17.8. The molecule has 2 heterocycles. The first-order valence-electron chi connectivity index (χ1n) is 7.67. The SMILES string of the molecule is C=CCn1ccc2c(OCc3ccc(C(=O)OC)o3)cccc2c1=O. The van der Waals surface area contributed by atoms with Crippen molar-refractivity contribution in [3.05, 3.63) is 77.1 Å². The van der Waals surface area contributed by atoms with E-state index in [1.807, 2.05) is 6.07 Å². The van der Waals surface area contributed by atoms with Crippen molar-refractivity contribution in [2.75, 3.05) is 7.11 Å². The second-order valence-corrected chi connectivity index (χ2v) is 5.33. The highest BCUT2D eigenvalue weighted by molar-refractivity contribution is 5.87. The van der Waals surface area contributed by atoms with Crippen LogP contribution < -0.4 is 10.3 Å². The van der Waals surface area contributed by atoms with Gasteiger partial charge in [0.1, 0.15) is 18.1 Å². The third kappa shape index (κ3) is 3.33. The normalized spacial score (nSPS) is 10.6. The van der Waals surface area contributed by atoms with Crippen LogP contribution in [0.3, 0.4) is 0 Å². The summed E-state index contributed by atoms with van der Waals surface area (Å²) in [4.78, 5) is 23.8. The second-order valence-electron chi connectivity index (χ2n) is 5.33. The number of aromatic nitrogens is 1. The molecule has 0 unspecified atom stereocenters. The van der Waals surface area contributed by atoms with Gasteiger partial charge >= 0.3 is 5.97 Å². The number of allylic oxidation sites excluding steroid dienone is 1. The van der Waals surface area contributed by atoms with Crippen molar-refractivity contribution in [3.8, 4) is 5.75 Å². The van der Waals surface area contributed by atoms with Crippen LogP contribution in [0.1, 0.15) is 16.3 Å². The second kappa shape index (κ2) is 7.09. The average molecular weight is 339 g/mol. The first-order valence-corrected chi connectivity index (χ1v) is 7.67. The molecule has 6 nitrogen and oxygen atoms in total. The molecule has 3 rings (SSSR count). The molecule has 1 aromatic carbocycles. The number of benzene rings is 1. The van der Waals surface area contributed by atoms with E-state index in [9.17, 15) is 9.59 Å². The zero-order valence-corrected chi connectivity index (χ0v) is 13.7. The summed E-state index contributed by atoms with van der Waals surface area (Å²) >= 11 is 0. The maximum atomic E-state index is 12.4. The van der Waals surface area contributed by atoms with Crippen LogP contribution in [0.25, 0.3) is 10.8 Å². The van der Waals surface area contributed by atoms with Gasteiger partial charge in [0, 0.05) is 18.1 Å². The van der Waals surface area contributed by atoms with E-state index in [1.54, 1.807) is 41.1 Å². The predicted octanol–water partition coefficient (Wildman–Crippen LogP) is 3.15. The first-order chi connectivity index (χ1) is 12.1. The molecule has 0 spiro atoms. The Kier molecular flexibility index (Phi) is 4.70. The molecule has 0 atom stereocenters. The minimum Gasteiger partial charge on any atom is -0.485 e. The van der Waals surface area contributed by atoms with Gasteiger partial charge in [-0.25, -0.2) is 4.79 Å². The summed E-state index contributed by atoms with van der Waals surface area (Å²) in [6, 6.07) is 10.3. The van der Waals surface area contributed by atoms with E-state index in [1.165, 1.54) is 13.2 Å². The van der Waals surface area contributed by atoms with E-state index < -0.39 is 5.97 Å². The fourth-order valence-electron chi connectivity index (χ4n) is 2.51. The number of furan rings is 1. The number of hydrogen-bond donors (Lipinski definition) is 0. The molecule has 0 saturated heterocycles. The lowest BCUT2D eigenvalue weighted by Crippen LogP contribution is -2.18. The van der Waals surface area contributed by atoms with Gasteiger partial charge in [-0.3, -0.25) is 4.79 Å². The maximum Gasteiger partial charge on any atom is 0.373 e. The van der Waals surface area contributed by atoms with Crippen molar-refractivity contribution >= 4 is 16.7 Å². The third-order valence-electron chi connectivity index (χ3n) is 3.72. The van der Waals surface area contributed by atoms with Gasteiger partial charge in [-0.15, -0.1) is 6.58 Å². The molecule has 0 saturated carbocycles. The van der Waals surface area contributed by atoms with Crippen LogP contribution in [0.4, 0.5) is 0 Å². The van der Waals surface area contributed by atoms with Crippen LogP contribution in [0.5, 0.6) is 5.75 Å². The van der Waals surface area contributed by atoms with Crippen molar-refractivity contribution in [1.29, 1.82) is 0 Å². The Hall–Kier alpha value is -3.28. The molecule has 0 aliphatic rings. The molecule has 0 radical (unpaired) electrons. The largest absolute Gasteiger partial charge is 0.485 e. The van der Waals surface area contributed by atoms with Crippen molar-refractivity contribution in [3.63, 3.8) is 0 Å². The van der Waals surface area contributed by atoms with Gasteiger partial charge in [0.2, 0.25) is 5.76 Å². The summed E-state index contributed by atoms with van der Waals surface area (Å²) < 4.78 is 17.3. The van der Waals surface area contributed by atoms with Crippen molar-refractivity contribution in [1.82, 2.24) is 4.57 Å². The summed E-state index contributed by atoms with van der Waals surface area (Å²) in [6.45, 7) is 4.23. The number of methoxy groups -OCH3 is 1. The average Bonchev–Trinajstić information content (AvgIpc) is 3.11. The lowest BCUT2D eigenvalue weighted by atomic mass is 10.1. The molecule has 3 aromatic rings. The number of nitrogens with zero attached hydrogens (tertiary/aromatic N) is 1. The summed E-state index contributed by atoms with van der Waals surface area (Å²) in [5.74, 6) is 0.624. The van der Waals surface area contributed by atoms with Crippen molar-refractivity contribution in [2.45, 2.75) is 13.2 Å². The van der Waals surface area contributed by atoms with Crippen LogP contribution in [-0.2, 0) is 17.9 Å². The van der Waals surface area contributed by atoms with Crippen LogP contribution in [0.2, 0.25) is 0 Å². The molecule has 0 fully saturated rings. The van der Waals surface area contributed by atoms with Gasteiger partial charge in [0.15, 0.2) is 0 Å². The number of carbonyl (C=O) groups excluding carboxylic acids is 1. The predicted molar refractivity (Wildman–Crippen MR) is 92.8 cm³/mol. The highest BCUT2D eigenvalue weighted by atomic mass is 16.5. The smallest absolute Gasteiger partial charge is 0.373 e. The topological polar surface area (TPSA) is 70.7 Å². The molecular weight excluding hydrogens is 322 g/mol. The first kappa shape index (κ1) is 16.6. The quantitative estimate of drug-likeness (QED) is 0.510. The Bertz CT molecular complexity index is 983. The zero-order valence-electron chi connectivity index (χ0n) is 13.7. The number of pyridine rings is 1. The van der Waals surface area contributed by atoms with Crippen molar-refractivity contribution in [2.24, 2.45) is 0 Å². The number of ether oxygens (including phenoxy) is 2. The molecule has 128 valence electrons. The molecule has 0 N–H and O–H groups in total. The van der Waals surface area contributed by atoms with Gasteiger partial charge in [0.05, 0.1) is 12.5 Å². The van der Waals surface area contributed by atoms with Gasteiger partial charge in [0.25, 0.3) is 5.56 Å². The molecule has 0 aliphatic heterocycles. The fraction of sp³-hybridized carbons (Fsp3) is 0.158. The van der Waals surface area contributed by atoms with E-state index in [-0.39, 0.29) is 17.9 Å². The maximum absolute atomic E-state index is 12.4. The number of carbonyl (C=O) groups is 1. The summed E-state index contributed by atoms with van der Waals surface area (Å²) in [6.07, 6.45) is 3.38. The summed E-state index contributed by atoms with van der Waals surface area (Å²) in [5, 5.41) is 1.28. The number of hydrogen-bond acceptors (Lipinski definition) is 5. The van der Waals surface area contributed by atoms with Gasteiger partial charge < -0.3 is 18.5 Å². The van der Waals surface area contributed by atoms with E-state index in [4.69, 9.17) is 9.15 Å². The van der Waals surface area contributed by atoms with Crippen LogP contribution in [0, 0.1) is 0 Å². The van der Waals surface area contributed by atoms with Gasteiger partial charge in [-0.05, 0) is 30.3 Å². The van der Waals surface area contributed by atoms with Gasteiger partial charge in [-0.1, -0.05) is 12.1 Å². The minimum absolute atomic E-state index is 0.103. The van der Waals surface area contributed by atoms with Crippen LogP contribution in [0.15, 0.2) is 64.5 Å². The lowest BCUT2D eigenvalue weighted by molar-refractivity contribution is 0.0561. The lowest BCUT2D eigenvalue weighted by Gasteiger charge is -2.09. The molecule has 2 aromatic heterocycles. The fourth-order valence-corrected chi connectivity index (χ4v) is 2.51. The van der Waals surface area contributed by atoms with Gasteiger partial charge in [-0.2, -0.15) is 0 Å². The Balaban J connectivity index is 1.85. The van der Waals surface area contributed by atoms with E-state index in [0.717, 1.165) is 0 Å². The number of fused-ring (bicyclic) bond motifs is 1. The summed E-state index contributed by atoms with van der Waals surface area (Å²) in [5.41, 5.74) is -0.103. The number of rotatable bonds is 6. The monoisotopic (exact) mass is 339 g/mol. The van der Waals surface area contributed by atoms with E-state index in [0.29, 0.717) is 28.8 Å². The van der Waals surface area contributed by atoms with E-state index in [2.05, 4.69) is 11.3 Å². The van der Waals surface area contributed by atoms with Crippen LogP contribution >= 0.6 is 0 Å². The molecule has 0 bridgehead atoms. The Morgan fingerprint density at radius 1 is 1.24 bits per heavy atom. The Labute approximate surface area is 143 Å². The molecule has 6 heteroatoms. The minimum atomic E-state index is -0.542. The van der Waals surface area contributed by atoms with Crippen LogP contribution in [-0.4, -0.2) is 17.6 Å². The third-order valence-corrected chi connectivity index (χ3v) is 3.72. The number of esters is 1. The standard InChI is InChI=1S/C19H17NO5/c1-3-10-20-11-9-14-15(18(20)21)5-4-6-16(14)24-12-13-7-8-17(25-13)19(22)23-2/h3-9,11H,1,10,12H2,2H3. The highest BCUT2D eigenvalue weighted by Crippen LogP contribution is 2.24.